The van der Waals surface area contributed by atoms with Crippen LogP contribution in [0.2, 0.25) is 0 Å². The Hall–Kier alpha value is -1.53. The number of benzene rings is 1. The summed E-state index contributed by atoms with van der Waals surface area (Å²) in [6.07, 6.45) is 2.56. The molecule has 5 nitrogen and oxygen atoms in total. The van der Waals surface area contributed by atoms with E-state index in [1.807, 2.05) is 38.3 Å². The van der Waals surface area contributed by atoms with E-state index < -0.39 is 6.04 Å². The Morgan fingerprint density at radius 2 is 2.04 bits per heavy atom. The third-order valence-electron chi connectivity index (χ3n) is 3.32. The van der Waals surface area contributed by atoms with Crippen molar-refractivity contribution in [3.63, 3.8) is 0 Å². The standard InChI is InChI=1S/C17H26N2O3S/c1-12-6-5-7-14(10-12)16(20)19-15(8-9-23-4)17(21)18-13(2)11-22-3/h5-7,10,13,15H,8-9,11H2,1-4H3,(H,18,21)(H,19,20). The van der Waals surface area contributed by atoms with Crippen LogP contribution in [0, 0.1) is 6.92 Å². The quantitative estimate of drug-likeness (QED) is 0.723. The van der Waals surface area contributed by atoms with Crippen molar-refractivity contribution in [2.24, 2.45) is 0 Å². The number of amides is 2. The van der Waals surface area contributed by atoms with Crippen LogP contribution in [0.3, 0.4) is 0 Å². The highest BCUT2D eigenvalue weighted by Crippen LogP contribution is 2.07. The summed E-state index contributed by atoms with van der Waals surface area (Å²) in [5.74, 6) is 0.393. The molecule has 0 aliphatic carbocycles. The van der Waals surface area contributed by atoms with Crippen molar-refractivity contribution in [1.82, 2.24) is 10.6 Å². The molecule has 0 aliphatic heterocycles. The van der Waals surface area contributed by atoms with Crippen LogP contribution in [0.4, 0.5) is 0 Å². The topological polar surface area (TPSA) is 67.4 Å². The van der Waals surface area contributed by atoms with Crippen molar-refractivity contribution in [2.75, 3.05) is 25.7 Å². The van der Waals surface area contributed by atoms with Crippen molar-refractivity contribution in [2.45, 2.75) is 32.4 Å². The molecule has 1 rings (SSSR count). The second-order valence-electron chi connectivity index (χ2n) is 5.54. The van der Waals surface area contributed by atoms with E-state index in [2.05, 4.69) is 10.6 Å². The monoisotopic (exact) mass is 338 g/mol. The predicted octanol–water partition coefficient (Wildman–Crippen LogP) is 2.00. The highest BCUT2D eigenvalue weighted by Gasteiger charge is 2.22. The average molecular weight is 338 g/mol. The first-order valence-electron chi connectivity index (χ1n) is 7.63. The first-order chi connectivity index (χ1) is 11.0. The van der Waals surface area contributed by atoms with Gasteiger partial charge in [-0.15, -0.1) is 0 Å². The second-order valence-corrected chi connectivity index (χ2v) is 6.53. The maximum atomic E-state index is 12.4. The molecule has 2 unspecified atom stereocenters. The minimum atomic E-state index is -0.547. The van der Waals surface area contributed by atoms with E-state index in [9.17, 15) is 9.59 Å². The van der Waals surface area contributed by atoms with Crippen molar-refractivity contribution in [1.29, 1.82) is 0 Å². The van der Waals surface area contributed by atoms with Gasteiger partial charge in [0.05, 0.1) is 6.61 Å². The molecule has 1 aromatic carbocycles. The molecule has 2 atom stereocenters. The largest absolute Gasteiger partial charge is 0.383 e. The molecule has 0 aromatic heterocycles. The van der Waals surface area contributed by atoms with E-state index in [1.54, 1.807) is 24.9 Å². The predicted molar refractivity (Wildman–Crippen MR) is 94.9 cm³/mol. The Morgan fingerprint density at radius 1 is 1.30 bits per heavy atom. The minimum Gasteiger partial charge on any atom is -0.383 e. The van der Waals surface area contributed by atoms with Crippen molar-refractivity contribution in [3.8, 4) is 0 Å². The molecule has 0 saturated heterocycles. The third kappa shape index (κ3) is 7.05. The van der Waals surface area contributed by atoms with Gasteiger partial charge in [0.25, 0.3) is 5.91 Å². The van der Waals surface area contributed by atoms with E-state index in [0.717, 1.165) is 11.3 Å². The van der Waals surface area contributed by atoms with E-state index in [1.165, 1.54) is 0 Å². The number of hydrogen-bond donors (Lipinski definition) is 2. The molecule has 0 aliphatic rings. The zero-order valence-corrected chi connectivity index (χ0v) is 15.0. The molecular formula is C17H26N2O3S. The first-order valence-corrected chi connectivity index (χ1v) is 9.03. The molecule has 6 heteroatoms. The number of ether oxygens (including phenoxy) is 1. The molecule has 0 spiro atoms. The molecule has 0 radical (unpaired) electrons. The van der Waals surface area contributed by atoms with Crippen LogP contribution >= 0.6 is 11.8 Å². The lowest BCUT2D eigenvalue weighted by Crippen LogP contribution is -2.50. The molecule has 128 valence electrons. The first kappa shape index (κ1) is 19.5. The summed E-state index contributed by atoms with van der Waals surface area (Å²) in [6.45, 7) is 4.24. The van der Waals surface area contributed by atoms with Gasteiger partial charge in [0.15, 0.2) is 0 Å². The van der Waals surface area contributed by atoms with Gasteiger partial charge in [-0.3, -0.25) is 9.59 Å². The SMILES string of the molecule is COCC(C)NC(=O)C(CCSC)NC(=O)c1cccc(C)c1. The fraction of sp³-hybridized carbons (Fsp3) is 0.529. The number of aryl methyl sites for hydroxylation is 1. The van der Waals surface area contributed by atoms with Crippen molar-refractivity contribution >= 4 is 23.6 Å². The van der Waals surface area contributed by atoms with Crippen molar-refractivity contribution < 1.29 is 14.3 Å². The summed E-state index contributed by atoms with van der Waals surface area (Å²) < 4.78 is 5.02. The fourth-order valence-corrected chi connectivity index (χ4v) is 2.64. The normalized spacial score (nSPS) is 13.2. The molecule has 0 bridgehead atoms. The van der Waals surface area contributed by atoms with Gasteiger partial charge in [-0.1, -0.05) is 17.7 Å². The van der Waals surface area contributed by atoms with Crippen molar-refractivity contribution in [3.05, 3.63) is 35.4 Å². The van der Waals surface area contributed by atoms with Gasteiger partial charge in [-0.2, -0.15) is 11.8 Å². The van der Waals surface area contributed by atoms with E-state index >= 15 is 0 Å². The average Bonchev–Trinajstić information content (AvgIpc) is 2.51. The Morgan fingerprint density at radius 3 is 2.65 bits per heavy atom. The maximum Gasteiger partial charge on any atom is 0.251 e. The highest BCUT2D eigenvalue weighted by atomic mass is 32.2. The third-order valence-corrected chi connectivity index (χ3v) is 3.96. The number of methoxy groups -OCH3 is 1. The van der Waals surface area contributed by atoms with Gasteiger partial charge >= 0.3 is 0 Å². The van der Waals surface area contributed by atoms with Crippen LogP contribution in [0.15, 0.2) is 24.3 Å². The lowest BCUT2D eigenvalue weighted by Gasteiger charge is -2.21. The molecular weight excluding hydrogens is 312 g/mol. The van der Waals surface area contributed by atoms with E-state index in [4.69, 9.17) is 4.74 Å². The second kappa shape index (κ2) is 10.3. The van der Waals surface area contributed by atoms with Gasteiger partial charge in [0, 0.05) is 18.7 Å². The Labute approximate surface area is 142 Å². The molecule has 0 saturated carbocycles. The Bertz CT molecular complexity index is 522. The van der Waals surface area contributed by atoms with Gasteiger partial charge in [0.2, 0.25) is 5.91 Å². The smallest absolute Gasteiger partial charge is 0.251 e. The van der Waals surface area contributed by atoms with Gasteiger partial charge in [0.1, 0.15) is 6.04 Å². The Balaban J connectivity index is 2.73. The Kier molecular flexibility index (Phi) is 8.73. The number of rotatable bonds is 9. The zero-order valence-electron chi connectivity index (χ0n) is 14.2. The number of carbonyl (C=O) groups excluding carboxylic acids is 2. The number of hydrogen-bond acceptors (Lipinski definition) is 4. The summed E-state index contributed by atoms with van der Waals surface area (Å²) in [5.41, 5.74) is 1.58. The molecule has 1 aromatic rings. The summed E-state index contributed by atoms with van der Waals surface area (Å²) in [7, 11) is 1.59. The summed E-state index contributed by atoms with van der Waals surface area (Å²) >= 11 is 1.65. The van der Waals surface area contributed by atoms with Crippen LogP contribution in [-0.2, 0) is 9.53 Å². The highest BCUT2D eigenvalue weighted by molar-refractivity contribution is 7.98. The lowest BCUT2D eigenvalue weighted by atomic mass is 10.1. The van der Waals surface area contributed by atoms with Crippen LogP contribution < -0.4 is 10.6 Å². The summed E-state index contributed by atoms with van der Waals surface area (Å²) in [5, 5.41) is 5.71. The van der Waals surface area contributed by atoms with Crippen LogP contribution in [0.25, 0.3) is 0 Å². The van der Waals surface area contributed by atoms with E-state index in [0.29, 0.717) is 18.6 Å². The zero-order chi connectivity index (χ0) is 17.2. The van der Waals surface area contributed by atoms with Gasteiger partial charge < -0.3 is 15.4 Å². The van der Waals surface area contributed by atoms with E-state index in [-0.39, 0.29) is 17.9 Å². The van der Waals surface area contributed by atoms with Gasteiger partial charge in [-0.25, -0.2) is 0 Å². The maximum absolute atomic E-state index is 12.4. The molecule has 2 N–H and O–H groups in total. The number of nitrogens with one attached hydrogen (secondary N) is 2. The fourth-order valence-electron chi connectivity index (χ4n) is 2.17. The molecule has 23 heavy (non-hydrogen) atoms. The van der Waals surface area contributed by atoms with Crippen LogP contribution in [0.1, 0.15) is 29.3 Å². The van der Waals surface area contributed by atoms with Gasteiger partial charge in [-0.05, 0) is 44.4 Å². The molecule has 0 heterocycles. The minimum absolute atomic E-state index is 0.0971. The molecule has 0 fully saturated rings. The summed E-state index contributed by atoms with van der Waals surface area (Å²) in [6, 6.07) is 6.68. The number of carbonyl (C=O) groups is 2. The van der Waals surface area contributed by atoms with Crippen LogP contribution in [0.5, 0.6) is 0 Å². The number of thioether (sulfide) groups is 1. The lowest BCUT2D eigenvalue weighted by molar-refractivity contribution is -0.124. The summed E-state index contributed by atoms with van der Waals surface area (Å²) in [4.78, 5) is 24.7. The van der Waals surface area contributed by atoms with Crippen LogP contribution in [-0.4, -0.2) is 49.6 Å². The molecule has 2 amide bonds.